The minimum atomic E-state index is -1.30. The maximum absolute atomic E-state index is 3.97. The summed E-state index contributed by atoms with van der Waals surface area (Å²) < 4.78 is 0. The number of allylic oxidation sites excluding steroid dienone is 1. The highest BCUT2D eigenvalue weighted by atomic mass is 31.2. The molecule has 0 nitrogen and oxygen atoms in total. The Labute approximate surface area is 111 Å². The zero-order valence-electron chi connectivity index (χ0n) is 10.9. The number of hydrogen-bond acceptors (Lipinski definition) is 0. The quantitative estimate of drug-likeness (QED) is 0.562. The first-order valence-electron chi connectivity index (χ1n) is 6.42. The Kier molecular flexibility index (Phi) is 4.33. The Morgan fingerprint density at radius 3 is 1.67 bits per heavy atom. The number of benzene rings is 2. The monoisotopic (exact) mass is 255 g/mol. The Balaban J connectivity index is 2.57. The van der Waals surface area contributed by atoms with E-state index >= 15 is 0 Å². The first-order chi connectivity index (χ1) is 8.83. The lowest BCUT2D eigenvalue weighted by molar-refractivity contribution is 1.45. The normalized spacial score (nSPS) is 11.2. The molecule has 0 aliphatic carbocycles. The topological polar surface area (TPSA) is 0 Å². The van der Waals surface area contributed by atoms with E-state index in [9.17, 15) is 0 Å². The van der Waals surface area contributed by atoms with E-state index in [4.69, 9.17) is 0 Å². The van der Waals surface area contributed by atoms with Gasteiger partial charge in [-0.05, 0) is 31.2 Å². The zero-order chi connectivity index (χ0) is 12.8. The summed E-state index contributed by atoms with van der Waals surface area (Å²) >= 11 is 0. The van der Waals surface area contributed by atoms with Gasteiger partial charge in [-0.15, -0.1) is 0 Å². The van der Waals surface area contributed by atoms with Crippen LogP contribution in [0.15, 0.2) is 73.3 Å². The predicted molar refractivity (Wildman–Crippen MR) is 84.7 cm³/mol. The van der Waals surface area contributed by atoms with Crippen molar-refractivity contribution < 1.29 is 0 Å². The van der Waals surface area contributed by atoms with Crippen LogP contribution in [-0.4, -0.2) is 12.3 Å². The van der Waals surface area contributed by atoms with Crippen molar-refractivity contribution in [3.8, 4) is 0 Å². The van der Waals surface area contributed by atoms with Crippen LogP contribution < -0.4 is 10.6 Å². The van der Waals surface area contributed by atoms with Gasteiger partial charge in [-0.1, -0.05) is 49.1 Å². The van der Waals surface area contributed by atoms with Gasteiger partial charge in [0, 0.05) is 0 Å². The molecule has 0 atom stereocenters. The van der Waals surface area contributed by atoms with Crippen LogP contribution in [0.5, 0.6) is 0 Å². The summed E-state index contributed by atoms with van der Waals surface area (Å²) in [5, 5.41) is 2.97. The van der Waals surface area contributed by atoms with Gasteiger partial charge in [-0.25, -0.2) is 0 Å². The summed E-state index contributed by atoms with van der Waals surface area (Å²) in [7, 11) is -1.30. The third kappa shape index (κ3) is 2.40. The molecule has 0 saturated heterocycles. The van der Waals surface area contributed by atoms with Gasteiger partial charge in [0.05, 0.1) is 30.2 Å². The first kappa shape index (κ1) is 13.1. The van der Waals surface area contributed by atoms with Crippen LogP contribution in [0.25, 0.3) is 0 Å². The molecule has 18 heavy (non-hydrogen) atoms. The minimum Gasteiger partial charge on any atom is -0.0995 e. The van der Waals surface area contributed by atoms with Gasteiger partial charge < -0.3 is 0 Å². The van der Waals surface area contributed by atoms with Crippen molar-refractivity contribution in [2.24, 2.45) is 0 Å². The summed E-state index contributed by atoms with van der Waals surface area (Å²) in [6, 6.07) is 21.8. The van der Waals surface area contributed by atoms with E-state index in [-0.39, 0.29) is 0 Å². The zero-order valence-corrected chi connectivity index (χ0v) is 11.8. The number of hydrogen-bond donors (Lipinski definition) is 0. The largest absolute Gasteiger partial charge is 0.0995 e. The van der Waals surface area contributed by atoms with Crippen LogP contribution in [0.2, 0.25) is 0 Å². The van der Waals surface area contributed by atoms with Crippen molar-refractivity contribution in [1.29, 1.82) is 0 Å². The van der Waals surface area contributed by atoms with Crippen LogP contribution in [0.3, 0.4) is 0 Å². The molecule has 2 aromatic rings. The maximum atomic E-state index is 3.97. The lowest BCUT2D eigenvalue weighted by atomic mass is 10.4. The second-order valence-electron chi connectivity index (χ2n) is 4.43. The molecular weight excluding hydrogens is 235 g/mol. The molecule has 0 aliphatic rings. The molecule has 2 aromatic carbocycles. The van der Waals surface area contributed by atoms with Crippen LogP contribution in [0, 0.1) is 0 Å². The second-order valence-corrected chi connectivity index (χ2v) is 8.39. The third-order valence-corrected chi connectivity index (χ3v) is 8.02. The number of rotatable bonds is 5. The van der Waals surface area contributed by atoms with E-state index in [0.29, 0.717) is 0 Å². The molecule has 2 rings (SSSR count). The molecule has 0 saturated carbocycles. The van der Waals surface area contributed by atoms with E-state index in [2.05, 4.69) is 80.2 Å². The van der Waals surface area contributed by atoms with E-state index in [1.807, 2.05) is 0 Å². The summed E-state index contributed by atoms with van der Waals surface area (Å²) in [5.41, 5.74) is 0. The van der Waals surface area contributed by atoms with E-state index in [0.717, 1.165) is 6.16 Å². The highest BCUT2D eigenvalue weighted by Crippen LogP contribution is 2.55. The second kappa shape index (κ2) is 5.98. The standard InChI is InChI=1S/C17H20P/c1-3-15-18(4-2,16-11-7-5-8-12-16)17-13-9-6-10-14-17/h3,5-14H,1,4,15H2,2H3/q+1. The van der Waals surface area contributed by atoms with Crippen molar-refractivity contribution in [3.05, 3.63) is 73.3 Å². The summed E-state index contributed by atoms with van der Waals surface area (Å²) in [5.74, 6) is 0. The van der Waals surface area contributed by atoms with Crippen molar-refractivity contribution >= 4 is 17.9 Å². The molecule has 92 valence electrons. The first-order valence-corrected chi connectivity index (χ1v) is 8.58. The van der Waals surface area contributed by atoms with Crippen LogP contribution in [-0.2, 0) is 0 Å². The van der Waals surface area contributed by atoms with Gasteiger partial charge in [-0.2, -0.15) is 0 Å². The van der Waals surface area contributed by atoms with Gasteiger partial charge in [0.25, 0.3) is 0 Å². The van der Waals surface area contributed by atoms with Crippen LogP contribution in [0.4, 0.5) is 0 Å². The van der Waals surface area contributed by atoms with Crippen molar-refractivity contribution in [3.63, 3.8) is 0 Å². The smallest absolute Gasteiger partial charge is 0.0995 e. The predicted octanol–water partition coefficient (Wildman–Crippen LogP) is 3.86. The molecule has 0 spiro atoms. The van der Waals surface area contributed by atoms with Gasteiger partial charge in [0.15, 0.2) is 0 Å². The third-order valence-electron chi connectivity index (χ3n) is 3.48. The van der Waals surface area contributed by atoms with Crippen molar-refractivity contribution in [1.82, 2.24) is 0 Å². The fourth-order valence-electron chi connectivity index (χ4n) is 2.50. The molecule has 0 N–H and O–H groups in total. The molecule has 0 bridgehead atoms. The highest BCUT2D eigenvalue weighted by molar-refractivity contribution is 7.89. The lowest BCUT2D eigenvalue weighted by Gasteiger charge is -2.25. The SMILES string of the molecule is C=CC[P+](CC)(c1ccccc1)c1ccccc1. The van der Waals surface area contributed by atoms with Gasteiger partial charge in [0.2, 0.25) is 0 Å². The Bertz CT molecular complexity index is 448. The van der Waals surface area contributed by atoms with Crippen molar-refractivity contribution in [2.45, 2.75) is 6.92 Å². The maximum Gasteiger partial charge on any atom is 0.0995 e. The van der Waals surface area contributed by atoms with Crippen molar-refractivity contribution in [2.75, 3.05) is 12.3 Å². The molecule has 0 unspecified atom stereocenters. The fourth-order valence-corrected chi connectivity index (χ4v) is 6.14. The molecule has 0 amide bonds. The average Bonchev–Trinajstić information content (AvgIpc) is 2.47. The van der Waals surface area contributed by atoms with E-state index < -0.39 is 7.26 Å². The molecular formula is C17H20P+. The summed E-state index contributed by atoms with van der Waals surface area (Å²) in [6.07, 6.45) is 4.35. The molecule has 0 aliphatic heterocycles. The van der Waals surface area contributed by atoms with Gasteiger partial charge in [-0.3, -0.25) is 0 Å². The van der Waals surface area contributed by atoms with Crippen LogP contribution in [0.1, 0.15) is 6.92 Å². The molecule has 0 aromatic heterocycles. The minimum absolute atomic E-state index is 1.08. The Morgan fingerprint density at radius 2 is 1.33 bits per heavy atom. The fraction of sp³-hybridized carbons (Fsp3) is 0.176. The lowest BCUT2D eigenvalue weighted by Crippen LogP contribution is -2.25. The average molecular weight is 255 g/mol. The molecule has 1 heteroatoms. The van der Waals surface area contributed by atoms with Gasteiger partial charge >= 0.3 is 0 Å². The highest BCUT2D eigenvalue weighted by Gasteiger charge is 2.39. The molecule has 0 fully saturated rings. The summed E-state index contributed by atoms with van der Waals surface area (Å²) in [6.45, 7) is 6.28. The van der Waals surface area contributed by atoms with E-state index in [1.165, 1.54) is 16.8 Å². The molecule has 0 heterocycles. The van der Waals surface area contributed by atoms with Gasteiger partial charge in [0.1, 0.15) is 0 Å². The van der Waals surface area contributed by atoms with E-state index in [1.54, 1.807) is 0 Å². The molecule has 0 radical (unpaired) electrons. The Morgan fingerprint density at radius 1 is 0.889 bits per heavy atom. The Hall–Kier alpha value is -1.39. The summed E-state index contributed by atoms with van der Waals surface area (Å²) in [4.78, 5) is 0. The van der Waals surface area contributed by atoms with Crippen LogP contribution >= 0.6 is 7.26 Å².